The maximum absolute atomic E-state index is 10.6. The number of para-hydroxylation sites is 1. The average Bonchev–Trinajstić information content (AvgIpc) is 2.46. The lowest BCUT2D eigenvalue weighted by Gasteiger charge is -2.12. The fourth-order valence-electron chi connectivity index (χ4n) is 1.90. The first kappa shape index (κ1) is 15.1. The minimum absolute atomic E-state index is 0.399. The van der Waals surface area contributed by atoms with Gasteiger partial charge in [-0.3, -0.25) is 0 Å². The average molecular weight is 303 g/mol. The van der Waals surface area contributed by atoms with Crippen LogP contribution in [0, 0.1) is 6.92 Å². The van der Waals surface area contributed by atoms with Crippen LogP contribution in [0.3, 0.4) is 0 Å². The minimum Gasteiger partial charge on any atom is -0.488 e. The highest BCUT2D eigenvalue weighted by atomic mass is 35.5. The molecule has 21 heavy (non-hydrogen) atoms. The molecule has 0 radical (unpaired) electrons. The number of halogens is 1. The van der Waals surface area contributed by atoms with Crippen molar-refractivity contribution in [1.29, 1.82) is 0 Å². The van der Waals surface area contributed by atoms with Gasteiger partial charge in [0.1, 0.15) is 12.4 Å². The summed E-state index contributed by atoms with van der Waals surface area (Å²) in [5.41, 5.74) is 2.69. The van der Waals surface area contributed by atoms with Gasteiger partial charge in [0.15, 0.2) is 0 Å². The van der Waals surface area contributed by atoms with Crippen molar-refractivity contribution in [3.8, 4) is 5.75 Å². The Morgan fingerprint density at radius 1 is 1.24 bits per heavy atom. The number of hydrogen-bond donors (Lipinski definition) is 1. The summed E-state index contributed by atoms with van der Waals surface area (Å²) >= 11 is 5.84. The van der Waals surface area contributed by atoms with Gasteiger partial charge in [-0.1, -0.05) is 41.9 Å². The van der Waals surface area contributed by atoms with E-state index >= 15 is 0 Å². The first-order chi connectivity index (χ1) is 10.1. The number of benzene rings is 2. The lowest BCUT2D eigenvalue weighted by atomic mass is 10.1. The normalized spacial score (nSPS) is 10.8. The van der Waals surface area contributed by atoms with Gasteiger partial charge in [0.2, 0.25) is 0 Å². The van der Waals surface area contributed by atoms with Crippen LogP contribution in [0.1, 0.15) is 16.7 Å². The van der Waals surface area contributed by atoms with Crippen LogP contribution in [0.4, 0.5) is 0 Å². The van der Waals surface area contributed by atoms with E-state index in [1.54, 1.807) is 0 Å². The molecular weight excluding hydrogens is 288 g/mol. The molecule has 0 aromatic heterocycles. The van der Waals surface area contributed by atoms with Gasteiger partial charge < -0.3 is 9.84 Å². The van der Waals surface area contributed by atoms with Crippen molar-refractivity contribution in [2.24, 2.45) is 0 Å². The fraction of sp³-hybridized carbons (Fsp3) is 0.118. The predicted octanol–water partition coefficient (Wildman–Crippen LogP) is 4.33. The number of rotatable bonds is 5. The number of aryl methyl sites for hydroxylation is 1. The molecule has 108 valence electrons. The summed E-state index contributed by atoms with van der Waals surface area (Å²) in [4.78, 5) is 10.6. The van der Waals surface area contributed by atoms with Gasteiger partial charge in [0.25, 0.3) is 0 Å². The fourth-order valence-corrected chi connectivity index (χ4v) is 2.03. The summed E-state index contributed by atoms with van der Waals surface area (Å²) < 4.78 is 5.84. The molecule has 4 heteroatoms. The molecule has 0 aliphatic rings. The predicted molar refractivity (Wildman–Crippen MR) is 83.6 cm³/mol. The first-order valence-corrected chi connectivity index (χ1v) is 6.82. The summed E-state index contributed by atoms with van der Waals surface area (Å²) in [6, 6.07) is 13.0. The Balaban J connectivity index is 2.18. The summed E-state index contributed by atoms with van der Waals surface area (Å²) in [5, 5.41) is 9.41. The largest absolute Gasteiger partial charge is 0.488 e. The number of carboxylic acid groups (broad SMARTS) is 1. The topological polar surface area (TPSA) is 46.5 Å². The molecule has 2 aromatic rings. The number of carboxylic acids is 1. The molecule has 0 spiro atoms. The highest BCUT2D eigenvalue weighted by molar-refractivity contribution is 6.30. The van der Waals surface area contributed by atoms with Gasteiger partial charge in [0.05, 0.1) is 0 Å². The SMILES string of the molecule is Cc1cccc(/C=C/C(=O)O)c1OCc1ccc(Cl)cc1. The quantitative estimate of drug-likeness (QED) is 0.836. The van der Waals surface area contributed by atoms with Gasteiger partial charge in [-0.2, -0.15) is 0 Å². The monoisotopic (exact) mass is 302 g/mol. The molecule has 0 fully saturated rings. The van der Waals surface area contributed by atoms with E-state index in [1.165, 1.54) is 6.08 Å². The van der Waals surface area contributed by atoms with Crippen LogP contribution in [0.25, 0.3) is 6.08 Å². The Morgan fingerprint density at radius 2 is 1.95 bits per heavy atom. The van der Waals surface area contributed by atoms with E-state index in [4.69, 9.17) is 21.4 Å². The van der Waals surface area contributed by atoms with Crippen LogP contribution in [0.2, 0.25) is 5.02 Å². The minimum atomic E-state index is -0.986. The Labute approximate surface area is 128 Å². The van der Waals surface area contributed by atoms with E-state index in [1.807, 2.05) is 49.4 Å². The zero-order chi connectivity index (χ0) is 15.2. The zero-order valence-electron chi connectivity index (χ0n) is 11.5. The molecule has 2 aromatic carbocycles. The number of hydrogen-bond acceptors (Lipinski definition) is 2. The van der Waals surface area contributed by atoms with E-state index < -0.39 is 5.97 Å². The first-order valence-electron chi connectivity index (χ1n) is 6.44. The van der Waals surface area contributed by atoms with Gasteiger partial charge >= 0.3 is 5.97 Å². The molecule has 0 aliphatic carbocycles. The molecular formula is C17H15ClO3. The third-order valence-electron chi connectivity index (χ3n) is 2.94. The van der Waals surface area contributed by atoms with Crippen LogP contribution in [0.15, 0.2) is 48.5 Å². The molecule has 2 rings (SSSR count). The molecule has 0 atom stereocenters. The van der Waals surface area contributed by atoms with E-state index in [-0.39, 0.29) is 0 Å². The second-order valence-corrected chi connectivity index (χ2v) is 5.02. The lowest BCUT2D eigenvalue weighted by molar-refractivity contribution is -0.131. The molecule has 0 saturated heterocycles. The third-order valence-corrected chi connectivity index (χ3v) is 3.20. The maximum atomic E-state index is 10.6. The molecule has 0 unspecified atom stereocenters. The van der Waals surface area contributed by atoms with E-state index in [0.29, 0.717) is 17.4 Å². The summed E-state index contributed by atoms with van der Waals surface area (Å²) in [6.45, 7) is 2.32. The van der Waals surface area contributed by atoms with Crippen LogP contribution >= 0.6 is 11.6 Å². The highest BCUT2D eigenvalue weighted by Gasteiger charge is 2.05. The van der Waals surface area contributed by atoms with Crippen molar-refractivity contribution in [2.75, 3.05) is 0 Å². The van der Waals surface area contributed by atoms with E-state index in [2.05, 4.69) is 0 Å². The van der Waals surface area contributed by atoms with Gasteiger partial charge in [0, 0.05) is 16.7 Å². The standard InChI is InChI=1S/C17H15ClO3/c1-12-3-2-4-14(7-10-16(19)20)17(12)21-11-13-5-8-15(18)9-6-13/h2-10H,11H2,1H3,(H,19,20)/b10-7+. The molecule has 0 bridgehead atoms. The highest BCUT2D eigenvalue weighted by Crippen LogP contribution is 2.26. The van der Waals surface area contributed by atoms with Crippen molar-refractivity contribution < 1.29 is 14.6 Å². The lowest BCUT2D eigenvalue weighted by Crippen LogP contribution is -1.99. The summed E-state index contributed by atoms with van der Waals surface area (Å²) in [6.07, 6.45) is 2.64. The number of ether oxygens (including phenoxy) is 1. The third kappa shape index (κ3) is 4.36. The smallest absolute Gasteiger partial charge is 0.328 e. The molecule has 0 saturated carbocycles. The zero-order valence-corrected chi connectivity index (χ0v) is 12.3. The van der Waals surface area contributed by atoms with Crippen molar-refractivity contribution >= 4 is 23.6 Å². The van der Waals surface area contributed by atoms with E-state index in [9.17, 15) is 4.79 Å². The Morgan fingerprint density at radius 3 is 2.62 bits per heavy atom. The van der Waals surface area contributed by atoms with Crippen molar-refractivity contribution in [3.05, 3.63) is 70.3 Å². The Hall–Kier alpha value is -2.26. The van der Waals surface area contributed by atoms with Crippen LogP contribution < -0.4 is 4.74 Å². The van der Waals surface area contributed by atoms with Gasteiger partial charge in [-0.25, -0.2) is 4.79 Å². The van der Waals surface area contributed by atoms with Crippen molar-refractivity contribution in [2.45, 2.75) is 13.5 Å². The number of carbonyl (C=O) groups is 1. The van der Waals surface area contributed by atoms with Crippen molar-refractivity contribution in [1.82, 2.24) is 0 Å². The van der Waals surface area contributed by atoms with Crippen LogP contribution in [0.5, 0.6) is 5.75 Å². The molecule has 3 nitrogen and oxygen atoms in total. The second kappa shape index (κ2) is 6.95. The molecule has 0 amide bonds. The second-order valence-electron chi connectivity index (χ2n) is 4.58. The Bertz CT molecular complexity index is 660. The molecule has 0 heterocycles. The molecule has 0 aliphatic heterocycles. The van der Waals surface area contributed by atoms with Crippen molar-refractivity contribution in [3.63, 3.8) is 0 Å². The maximum Gasteiger partial charge on any atom is 0.328 e. The summed E-state index contributed by atoms with van der Waals surface area (Å²) in [5.74, 6) is -0.301. The van der Waals surface area contributed by atoms with Gasteiger partial charge in [-0.15, -0.1) is 0 Å². The van der Waals surface area contributed by atoms with Crippen LogP contribution in [-0.2, 0) is 11.4 Å². The van der Waals surface area contributed by atoms with E-state index in [0.717, 1.165) is 22.8 Å². The molecule has 1 N–H and O–H groups in total. The van der Waals surface area contributed by atoms with Gasteiger partial charge in [-0.05, 0) is 36.3 Å². The summed E-state index contributed by atoms with van der Waals surface area (Å²) in [7, 11) is 0. The number of aliphatic carboxylic acids is 1. The van der Waals surface area contributed by atoms with Crippen LogP contribution in [-0.4, -0.2) is 11.1 Å². The Kier molecular flexibility index (Phi) is 5.01.